The fourth-order valence-corrected chi connectivity index (χ4v) is 3.51. The second-order valence-electron chi connectivity index (χ2n) is 6.13. The van der Waals surface area contributed by atoms with Gasteiger partial charge in [0.2, 0.25) is 10.0 Å². The maximum Gasteiger partial charge on any atom is 0.211 e. The van der Waals surface area contributed by atoms with E-state index >= 15 is 0 Å². The minimum Gasteiger partial charge on any atom is -0.357 e. The van der Waals surface area contributed by atoms with Crippen LogP contribution in [0.5, 0.6) is 0 Å². The summed E-state index contributed by atoms with van der Waals surface area (Å²) in [5, 5.41) is 3.30. The van der Waals surface area contributed by atoms with Crippen molar-refractivity contribution < 1.29 is 8.42 Å². The van der Waals surface area contributed by atoms with E-state index < -0.39 is 10.0 Å². The molecule has 26 heavy (non-hydrogen) atoms. The minimum atomic E-state index is -3.13. The first-order chi connectivity index (χ1) is 11.8. The van der Waals surface area contributed by atoms with E-state index in [-0.39, 0.29) is 24.0 Å². The van der Waals surface area contributed by atoms with Crippen molar-refractivity contribution in [3.8, 4) is 0 Å². The Bertz CT molecular complexity index is 665. The van der Waals surface area contributed by atoms with Gasteiger partial charge in [0.05, 0.1) is 6.26 Å². The summed E-state index contributed by atoms with van der Waals surface area (Å²) < 4.78 is 24.7. The van der Waals surface area contributed by atoms with Crippen LogP contribution in [-0.4, -0.2) is 63.1 Å². The number of hydrogen-bond donors (Lipinski definition) is 1. The van der Waals surface area contributed by atoms with Crippen LogP contribution in [0.15, 0.2) is 29.3 Å². The summed E-state index contributed by atoms with van der Waals surface area (Å²) in [5.74, 6) is 0.841. The second-order valence-corrected chi connectivity index (χ2v) is 8.11. The van der Waals surface area contributed by atoms with Crippen molar-refractivity contribution in [1.29, 1.82) is 0 Å². The summed E-state index contributed by atoms with van der Waals surface area (Å²) >= 11 is 0. The third-order valence-electron chi connectivity index (χ3n) is 4.01. The van der Waals surface area contributed by atoms with E-state index in [1.54, 1.807) is 0 Å². The molecule has 0 radical (unpaired) electrons. The van der Waals surface area contributed by atoms with Gasteiger partial charge in [-0.3, -0.25) is 4.99 Å². The third kappa shape index (κ3) is 8.68. The Hall–Kier alpha value is -0.870. The number of guanidine groups is 1. The zero-order chi connectivity index (χ0) is 18.9. The summed E-state index contributed by atoms with van der Waals surface area (Å²) in [6.07, 6.45) is 1.95. The molecule has 1 aromatic carbocycles. The zero-order valence-corrected chi connectivity index (χ0v) is 19.7. The largest absolute Gasteiger partial charge is 0.357 e. The molecule has 0 spiro atoms. The molecular formula is C18H33IN4O2S. The van der Waals surface area contributed by atoms with Gasteiger partial charge in [0.15, 0.2) is 5.96 Å². The normalized spacial score (nSPS) is 12.0. The van der Waals surface area contributed by atoms with Gasteiger partial charge < -0.3 is 10.2 Å². The smallest absolute Gasteiger partial charge is 0.211 e. The Morgan fingerprint density at radius 3 is 2.42 bits per heavy atom. The Kier molecular flexibility index (Phi) is 12.1. The van der Waals surface area contributed by atoms with Crippen molar-refractivity contribution in [3.63, 3.8) is 0 Å². The molecule has 0 amide bonds. The van der Waals surface area contributed by atoms with E-state index in [0.717, 1.165) is 19.0 Å². The number of nitrogens with one attached hydrogen (secondary N) is 1. The van der Waals surface area contributed by atoms with E-state index in [1.807, 2.05) is 33.0 Å². The highest BCUT2D eigenvalue weighted by Gasteiger charge is 2.13. The molecule has 0 heterocycles. The number of rotatable bonds is 9. The zero-order valence-electron chi connectivity index (χ0n) is 16.5. The molecule has 0 bridgehead atoms. The lowest BCUT2D eigenvalue weighted by molar-refractivity contribution is 0.425. The molecule has 0 fully saturated rings. The molecule has 6 nitrogen and oxygen atoms in total. The van der Waals surface area contributed by atoms with E-state index in [2.05, 4.69) is 34.3 Å². The van der Waals surface area contributed by atoms with Crippen LogP contribution in [0, 0.1) is 6.92 Å². The van der Waals surface area contributed by atoms with Gasteiger partial charge in [0.1, 0.15) is 0 Å². The molecular weight excluding hydrogens is 463 g/mol. The lowest BCUT2D eigenvalue weighted by Crippen LogP contribution is -2.39. The van der Waals surface area contributed by atoms with Gasteiger partial charge in [-0.1, -0.05) is 31.2 Å². The SMILES string of the molecule is CCNC(=NCCCN(CC)S(C)(=O)=O)N(C)Cc1ccccc1C.I. The number of halogens is 1. The summed E-state index contributed by atoms with van der Waals surface area (Å²) in [5.41, 5.74) is 2.53. The van der Waals surface area contributed by atoms with Crippen LogP contribution in [-0.2, 0) is 16.6 Å². The molecule has 0 saturated heterocycles. The van der Waals surface area contributed by atoms with Gasteiger partial charge in [-0.25, -0.2) is 12.7 Å². The predicted octanol–water partition coefficient (Wildman–Crippen LogP) is 2.68. The Morgan fingerprint density at radius 2 is 1.88 bits per heavy atom. The standard InChI is InChI=1S/C18H32N4O2S.HI/c1-6-19-18(20-13-10-14-22(7-2)25(5,23)24)21(4)15-17-12-9-8-11-16(17)3;/h8-9,11-12H,6-7,10,13-15H2,1-5H3,(H,19,20);1H. The van der Waals surface area contributed by atoms with Gasteiger partial charge in [-0.2, -0.15) is 0 Å². The molecule has 0 unspecified atom stereocenters. The van der Waals surface area contributed by atoms with Crippen LogP contribution in [0.3, 0.4) is 0 Å². The average molecular weight is 496 g/mol. The van der Waals surface area contributed by atoms with Gasteiger partial charge in [-0.15, -0.1) is 24.0 Å². The molecule has 0 atom stereocenters. The van der Waals surface area contributed by atoms with Crippen molar-refractivity contribution in [2.24, 2.45) is 4.99 Å². The summed E-state index contributed by atoms with van der Waals surface area (Å²) in [6, 6.07) is 8.32. The Morgan fingerprint density at radius 1 is 1.23 bits per heavy atom. The van der Waals surface area contributed by atoms with Crippen molar-refractivity contribution in [2.75, 3.05) is 39.5 Å². The first-order valence-electron chi connectivity index (χ1n) is 8.78. The molecule has 0 aliphatic rings. The molecule has 0 saturated carbocycles. The molecule has 1 rings (SSSR count). The lowest BCUT2D eigenvalue weighted by atomic mass is 10.1. The molecule has 0 aliphatic carbocycles. The van der Waals surface area contributed by atoms with Gasteiger partial charge in [0.25, 0.3) is 0 Å². The minimum absolute atomic E-state index is 0. The third-order valence-corrected chi connectivity index (χ3v) is 5.39. The Labute approximate surface area is 176 Å². The van der Waals surface area contributed by atoms with E-state index in [1.165, 1.54) is 21.7 Å². The second kappa shape index (κ2) is 12.5. The maximum absolute atomic E-state index is 11.6. The van der Waals surface area contributed by atoms with Crippen LogP contribution in [0.25, 0.3) is 0 Å². The molecule has 0 aromatic heterocycles. The summed E-state index contributed by atoms with van der Waals surface area (Å²) in [6.45, 7) is 9.16. The van der Waals surface area contributed by atoms with Crippen molar-refractivity contribution in [3.05, 3.63) is 35.4 Å². The predicted molar refractivity (Wildman–Crippen MR) is 121 cm³/mol. The quantitative estimate of drug-likeness (QED) is 0.247. The molecule has 150 valence electrons. The average Bonchev–Trinajstić information content (AvgIpc) is 2.54. The number of benzene rings is 1. The van der Waals surface area contributed by atoms with Gasteiger partial charge in [-0.05, 0) is 31.4 Å². The van der Waals surface area contributed by atoms with Crippen LogP contribution in [0.4, 0.5) is 0 Å². The molecule has 0 aliphatic heterocycles. The lowest BCUT2D eigenvalue weighted by Gasteiger charge is -2.23. The number of sulfonamides is 1. The summed E-state index contributed by atoms with van der Waals surface area (Å²) in [4.78, 5) is 6.73. The van der Waals surface area contributed by atoms with Gasteiger partial charge >= 0.3 is 0 Å². The van der Waals surface area contributed by atoms with Crippen LogP contribution >= 0.6 is 24.0 Å². The fraction of sp³-hybridized carbons (Fsp3) is 0.611. The molecule has 8 heteroatoms. The molecule has 1 aromatic rings. The van der Waals surface area contributed by atoms with Crippen LogP contribution < -0.4 is 5.32 Å². The summed E-state index contributed by atoms with van der Waals surface area (Å²) in [7, 11) is -1.11. The van der Waals surface area contributed by atoms with E-state index in [9.17, 15) is 8.42 Å². The number of aryl methyl sites for hydroxylation is 1. The highest BCUT2D eigenvalue weighted by Crippen LogP contribution is 2.09. The monoisotopic (exact) mass is 496 g/mol. The topological polar surface area (TPSA) is 65.0 Å². The maximum atomic E-state index is 11.6. The van der Waals surface area contributed by atoms with E-state index in [4.69, 9.17) is 0 Å². The van der Waals surface area contributed by atoms with Crippen molar-refractivity contribution in [2.45, 2.75) is 33.7 Å². The fourth-order valence-electron chi connectivity index (χ4n) is 2.58. The van der Waals surface area contributed by atoms with Gasteiger partial charge in [0, 0.05) is 39.8 Å². The number of aliphatic imine (C=N–C) groups is 1. The first kappa shape index (κ1) is 25.1. The highest BCUT2D eigenvalue weighted by atomic mass is 127. The van der Waals surface area contributed by atoms with Crippen LogP contribution in [0.2, 0.25) is 0 Å². The van der Waals surface area contributed by atoms with Crippen molar-refractivity contribution >= 4 is 40.0 Å². The van der Waals surface area contributed by atoms with Crippen LogP contribution in [0.1, 0.15) is 31.4 Å². The number of hydrogen-bond acceptors (Lipinski definition) is 3. The number of nitrogens with zero attached hydrogens (tertiary/aromatic N) is 3. The molecule has 1 N–H and O–H groups in total. The highest BCUT2D eigenvalue weighted by molar-refractivity contribution is 14.0. The van der Waals surface area contributed by atoms with E-state index in [0.29, 0.717) is 26.1 Å². The van der Waals surface area contributed by atoms with Crippen molar-refractivity contribution in [1.82, 2.24) is 14.5 Å². The first-order valence-corrected chi connectivity index (χ1v) is 10.6. The Balaban J connectivity index is 0.00000625.